The first kappa shape index (κ1) is 43.9. The van der Waals surface area contributed by atoms with E-state index in [4.69, 9.17) is 9.47 Å². The number of para-hydroxylation sites is 2. The van der Waals surface area contributed by atoms with Crippen LogP contribution in [0.2, 0.25) is 0 Å². The summed E-state index contributed by atoms with van der Waals surface area (Å²) in [6.45, 7) is 11.4. The second kappa shape index (κ2) is 18.2. The maximum Gasteiger partial charge on any atom is 0.423 e. The van der Waals surface area contributed by atoms with Crippen molar-refractivity contribution in [3.05, 3.63) is 144 Å². The molecule has 2 aliphatic heterocycles. The van der Waals surface area contributed by atoms with Gasteiger partial charge in [-0.05, 0) is 101 Å². The molecule has 2 aromatic heterocycles. The van der Waals surface area contributed by atoms with Crippen molar-refractivity contribution in [2.75, 3.05) is 23.7 Å². The molecule has 8 rings (SSSR count). The molecule has 2 atom stereocenters. The van der Waals surface area contributed by atoms with Crippen LogP contribution in [0.1, 0.15) is 85.2 Å². The first-order valence-electron chi connectivity index (χ1n) is 21.6. The van der Waals surface area contributed by atoms with Crippen LogP contribution >= 0.6 is 0 Å². The van der Waals surface area contributed by atoms with Crippen LogP contribution in [0.25, 0.3) is 34.0 Å². The van der Waals surface area contributed by atoms with Crippen molar-refractivity contribution in [2.45, 2.75) is 71.1 Å². The van der Waals surface area contributed by atoms with Gasteiger partial charge < -0.3 is 29.9 Å². The molecule has 0 saturated carbocycles. The van der Waals surface area contributed by atoms with E-state index in [1.54, 1.807) is 110 Å². The lowest BCUT2D eigenvalue weighted by Gasteiger charge is -2.24. The van der Waals surface area contributed by atoms with Gasteiger partial charge in [0.15, 0.2) is 0 Å². The fourth-order valence-corrected chi connectivity index (χ4v) is 8.38. The van der Waals surface area contributed by atoms with Gasteiger partial charge in [0, 0.05) is 47.6 Å². The number of nitrogens with one attached hydrogen (secondary N) is 2. The molecule has 0 radical (unpaired) electrons. The van der Waals surface area contributed by atoms with Crippen molar-refractivity contribution in [3.8, 4) is 0 Å². The smallest absolute Gasteiger partial charge is 0.423 e. The molecule has 65 heavy (non-hydrogen) atoms. The van der Waals surface area contributed by atoms with Gasteiger partial charge in [0.05, 0.1) is 27.9 Å². The Kier molecular flexibility index (Phi) is 12.3. The normalized spacial score (nSPS) is 16.2. The number of carbonyl (C=O) groups excluding carboxylic acids is 6. The number of likely N-dealkylation sites (tertiary alicyclic amines) is 2. The summed E-state index contributed by atoms with van der Waals surface area (Å²) in [5.41, 5.74) is 3.93. The van der Waals surface area contributed by atoms with Gasteiger partial charge >= 0.3 is 12.2 Å². The van der Waals surface area contributed by atoms with Gasteiger partial charge in [0.1, 0.15) is 17.7 Å². The topological polar surface area (TPSA) is 161 Å². The molecule has 2 N–H and O–H groups in total. The van der Waals surface area contributed by atoms with Gasteiger partial charge in [0.25, 0.3) is 11.8 Å². The molecular formula is C51H50N6O8. The molecule has 2 saturated heterocycles. The summed E-state index contributed by atoms with van der Waals surface area (Å²) >= 11 is 0. The molecule has 2 aliphatic rings. The molecule has 0 unspecified atom stereocenters. The molecule has 4 heterocycles. The minimum atomic E-state index is -0.721. The molecule has 4 amide bonds. The fourth-order valence-electron chi connectivity index (χ4n) is 8.38. The van der Waals surface area contributed by atoms with Crippen molar-refractivity contribution in [1.82, 2.24) is 18.9 Å². The van der Waals surface area contributed by atoms with Crippen molar-refractivity contribution >= 4 is 81.1 Å². The molecule has 0 aliphatic carbocycles. The summed E-state index contributed by atoms with van der Waals surface area (Å²) in [5.74, 6) is -1.03. The van der Waals surface area contributed by atoms with E-state index in [1.807, 2.05) is 36.4 Å². The highest BCUT2D eigenvalue weighted by atomic mass is 16.6. The molecule has 6 aromatic rings. The van der Waals surface area contributed by atoms with Crippen LogP contribution in [0.15, 0.2) is 122 Å². The number of allylic oxidation sites excluding steroid dienone is 1. The van der Waals surface area contributed by atoms with E-state index >= 15 is 0 Å². The molecular weight excluding hydrogens is 825 g/mol. The lowest BCUT2D eigenvalue weighted by atomic mass is 10.1. The van der Waals surface area contributed by atoms with E-state index in [0.29, 0.717) is 83.1 Å². The standard InChI is InChI=1S/C51H50N6O8/c1-32(2)64-49(62)56-30-39(37-12-6-8-14-41(37)56)47(60)54-28-10-16-43(54)45(58)52-35-24-20-33(21-25-35)18-19-34-22-26-36(27-23-34)53-46(59)44-17-11-29-55(44)48(61)40-31-57(50(63)65-51(3,4)5)42-15-9-7-13-38(40)42/h6-9,12-15,18-27,30-31,43-44H,1,10-11,16-17,28-29H2,2-5H3,(H,52,58)(H,53,59)/b19-18+/t43-,44-/m0/s1. The number of nitrogens with zero attached hydrogens (tertiary/aromatic N) is 4. The summed E-state index contributed by atoms with van der Waals surface area (Å²) < 4.78 is 13.4. The van der Waals surface area contributed by atoms with Crippen LogP contribution in [-0.4, -0.2) is 85.5 Å². The second-order valence-electron chi connectivity index (χ2n) is 17.3. The molecule has 332 valence electrons. The average molecular weight is 875 g/mol. The Hall–Kier alpha value is -7.74. The highest BCUT2D eigenvalue weighted by Crippen LogP contribution is 2.30. The van der Waals surface area contributed by atoms with Gasteiger partial charge in [0.2, 0.25) is 11.8 Å². The Balaban J connectivity index is 0.866. The quantitative estimate of drug-likeness (QED) is 0.107. The highest BCUT2D eigenvalue weighted by molar-refractivity contribution is 6.12. The number of anilines is 2. The average Bonchev–Trinajstić information content (AvgIpc) is 4.11. The summed E-state index contributed by atoms with van der Waals surface area (Å²) in [6.07, 6.45) is 7.89. The van der Waals surface area contributed by atoms with Crippen molar-refractivity contribution in [2.24, 2.45) is 0 Å². The maximum absolute atomic E-state index is 14.0. The predicted molar refractivity (Wildman–Crippen MR) is 249 cm³/mol. The molecule has 4 aromatic carbocycles. The van der Waals surface area contributed by atoms with E-state index in [1.165, 1.54) is 21.5 Å². The second-order valence-corrected chi connectivity index (χ2v) is 17.3. The Morgan fingerprint density at radius 3 is 1.45 bits per heavy atom. The molecule has 14 nitrogen and oxygen atoms in total. The number of hydrogen-bond acceptors (Lipinski definition) is 8. The fraction of sp³-hybridized carbons (Fsp3) is 0.255. The van der Waals surface area contributed by atoms with Crippen LogP contribution in [0.3, 0.4) is 0 Å². The minimum absolute atomic E-state index is 0.225. The van der Waals surface area contributed by atoms with E-state index in [2.05, 4.69) is 17.2 Å². The molecule has 0 spiro atoms. The number of hydrogen-bond donors (Lipinski definition) is 2. The van der Waals surface area contributed by atoms with Gasteiger partial charge in [-0.1, -0.05) is 79.4 Å². The van der Waals surface area contributed by atoms with Gasteiger partial charge in [-0.2, -0.15) is 0 Å². The predicted octanol–water partition coefficient (Wildman–Crippen LogP) is 9.55. The van der Waals surface area contributed by atoms with Crippen molar-refractivity contribution in [3.63, 3.8) is 0 Å². The first-order chi connectivity index (χ1) is 31.1. The monoisotopic (exact) mass is 874 g/mol. The molecule has 14 heteroatoms. The van der Waals surface area contributed by atoms with Gasteiger partial charge in [-0.3, -0.25) is 28.3 Å². The van der Waals surface area contributed by atoms with Crippen molar-refractivity contribution < 1.29 is 38.2 Å². The van der Waals surface area contributed by atoms with Crippen LogP contribution in [0.5, 0.6) is 0 Å². The third kappa shape index (κ3) is 9.47. The zero-order chi connectivity index (χ0) is 46.0. The number of aromatic nitrogens is 2. The number of fused-ring (bicyclic) bond motifs is 2. The SMILES string of the molecule is C=C(C)OC(=O)n1cc(C(=O)N2CCC[C@H]2C(=O)Nc2ccc(/C=C/c3ccc(NC(=O)[C@@H]4CCCN4C(=O)c4cn(C(=O)OC(C)(C)C)c5ccccc45)cc3)cc2)c2ccccc21. The number of amides is 4. The number of rotatable bonds is 9. The Morgan fingerprint density at radius 2 is 1.03 bits per heavy atom. The zero-order valence-electron chi connectivity index (χ0n) is 36.7. The lowest BCUT2D eigenvalue weighted by molar-refractivity contribution is -0.120. The third-order valence-corrected chi connectivity index (χ3v) is 11.4. The van der Waals surface area contributed by atoms with E-state index in [-0.39, 0.29) is 29.4 Å². The molecule has 2 fully saturated rings. The zero-order valence-corrected chi connectivity index (χ0v) is 36.7. The van der Waals surface area contributed by atoms with Crippen LogP contribution < -0.4 is 10.6 Å². The largest absolute Gasteiger partial charge is 0.443 e. The number of carbonyl (C=O) groups is 6. The number of ether oxygens (including phenoxy) is 2. The highest BCUT2D eigenvalue weighted by Gasteiger charge is 2.38. The van der Waals surface area contributed by atoms with Crippen LogP contribution in [0.4, 0.5) is 21.0 Å². The summed E-state index contributed by atoms with van der Waals surface area (Å²) in [7, 11) is 0. The van der Waals surface area contributed by atoms with Crippen LogP contribution in [-0.2, 0) is 19.1 Å². The van der Waals surface area contributed by atoms with Crippen molar-refractivity contribution in [1.29, 1.82) is 0 Å². The summed E-state index contributed by atoms with van der Waals surface area (Å²) in [6, 6.07) is 27.5. The van der Waals surface area contributed by atoms with E-state index in [9.17, 15) is 28.8 Å². The van der Waals surface area contributed by atoms with Gasteiger partial charge in [-0.25, -0.2) is 9.59 Å². The van der Waals surface area contributed by atoms with Gasteiger partial charge in [-0.15, -0.1) is 0 Å². The molecule has 0 bridgehead atoms. The van der Waals surface area contributed by atoms with E-state index < -0.39 is 29.9 Å². The maximum atomic E-state index is 14.0. The minimum Gasteiger partial charge on any atom is -0.443 e. The summed E-state index contributed by atoms with van der Waals surface area (Å²) in [5, 5.41) is 7.12. The lowest BCUT2D eigenvalue weighted by Crippen LogP contribution is -2.43. The number of benzene rings is 4. The van der Waals surface area contributed by atoms with E-state index in [0.717, 1.165) is 11.1 Å². The van der Waals surface area contributed by atoms with Crippen LogP contribution in [0, 0.1) is 0 Å². The Bertz CT molecular complexity index is 2880. The first-order valence-corrected chi connectivity index (χ1v) is 21.6. The summed E-state index contributed by atoms with van der Waals surface area (Å²) in [4.78, 5) is 84.0. The third-order valence-electron chi connectivity index (χ3n) is 11.4. The Morgan fingerprint density at radius 1 is 0.615 bits per heavy atom. The Labute approximate surface area is 376 Å².